The van der Waals surface area contributed by atoms with Crippen LogP contribution >= 0.6 is 0 Å². The lowest BCUT2D eigenvalue weighted by Crippen LogP contribution is -2.33. The number of aromatic nitrogens is 2. The van der Waals surface area contributed by atoms with Gasteiger partial charge in [0.2, 0.25) is 0 Å². The quantitative estimate of drug-likeness (QED) is 0.813. The number of nitrogens with one attached hydrogen (secondary N) is 1. The van der Waals surface area contributed by atoms with Gasteiger partial charge in [0.1, 0.15) is 5.69 Å². The molecule has 0 atom stereocenters. The summed E-state index contributed by atoms with van der Waals surface area (Å²) in [6.45, 7) is 7.65. The van der Waals surface area contributed by atoms with E-state index >= 15 is 0 Å². The van der Waals surface area contributed by atoms with Crippen LogP contribution in [0.1, 0.15) is 51.4 Å². The van der Waals surface area contributed by atoms with E-state index in [0.717, 1.165) is 31.6 Å². The van der Waals surface area contributed by atoms with Crippen LogP contribution < -0.4 is 5.32 Å². The smallest absolute Gasteiger partial charge is 0.272 e. The molecule has 0 bridgehead atoms. The molecule has 2 amide bonds. The first-order valence-electron chi connectivity index (χ1n) is 10.5. The fraction of sp³-hybridized carbons (Fsp3) is 0.500. The number of rotatable bonds is 6. The molecular formula is C22H29N5O2. The number of carbonyl (C=O) groups is 2. The van der Waals surface area contributed by atoms with Gasteiger partial charge in [-0.2, -0.15) is 5.10 Å². The molecule has 154 valence electrons. The maximum absolute atomic E-state index is 13.1. The zero-order valence-electron chi connectivity index (χ0n) is 17.1. The SMILES string of the molecule is Cc1ccc(CN2CCCn3nc(C(=O)NCCN4CCCC4)cc3C2=O)cc1. The minimum atomic E-state index is -0.206. The maximum atomic E-state index is 13.1. The molecule has 7 nitrogen and oxygen atoms in total. The third-order valence-corrected chi connectivity index (χ3v) is 5.72. The molecule has 29 heavy (non-hydrogen) atoms. The van der Waals surface area contributed by atoms with Crippen LogP contribution in [0.15, 0.2) is 30.3 Å². The van der Waals surface area contributed by atoms with Crippen molar-refractivity contribution in [2.24, 2.45) is 0 Å². The van der Waals surface area contributed by atoms with Crippen molar-refractivity contribution in [1.29, 1.82) is 0 Å². The van der Waals surface area contributed by atoms with Crippen LogP contribution in [-0.2, 0) is 13.1 Å². The number of fused-ring (bicyclic) bond motifs is 1. The predicted octanol–water partition coefficient (Wildman–Crippen LogP) is 2.06. The summed E-state index contributed by atoms with van der Waals surface area (Å²) in [5, 5.41) is 7.35. The van der Waals surface area contributed by atoms with E-state index in [1.54, 1.807) is 10.7 Å². The van der Waals surface area contributed by atoms with Crippen LogP contribution in [-0.4, -0.2) is 64.1 Å². The summed E-state index contributed by atoms with van der Waals surface area (Å²) in [5.74, 6) is -0.269. The Morgan fingerprint density at radius 2 is 1.83 bits per heavy atom. The minimum Gasteiger partial charge on any atom is -0.349 e. The molecular weight excluding hydrogens is 366 g/mol. The van der Waals surface area contributed by atoms with E-state index in [4.69, 9.17) is 0 Å². The number of amides is 2. The molecule has 0 unspecified atom stereocenters. The lowest BCUT2D eigenvalue weighted by Gasteiger charge is -2.20. The highest BCUT2D eigenvalue weighted by atomic mass is 16.2. The molecule has 2 aromatic rings. The van der Waals surface area contributed by atoms with Gasteiger partial charge in [0.05, 0.1) is 0 Å². The van der Waals surface area contributed by atoms with Gasteiger partial charge >= 0.3 is 0 Å². The molecule has 4 rings (SSSR count). The Balaban J connectivity index is 1.40. The molecule has 3 heterocycles. The highest BCUT2D eigenvalue weighted by Gasteiger charge is 2.26. The highest BCUT2D eigenvalue weighted by Crippen LogP contribution is 2.17. The summed E-state index contributed by atoms with van der Waals surface area (Å²) in [6, 6.07) is 9.88. The van der Waals surface area contributed by atoms with Crippen molar-refractivity contribution in [3.63, 3.8) is 0 Å². The van der Waals surface area contributed by atoms with Crippen LogP contribution in [0.25, 0.3) is 0 Å². The van der Waals surface area contributed by atoms with Gasteiger partial charge in [0, 0.05) is 38.8 Å². The third kappa shape index (κ3) is 4.67. The van der Waals surface area contributed by atoms with Crippen molar-refractivity contribution in [3.05, 3.63) is 52.8 Å². The normalized spacial score (nSPS) is 17.3. The zero-order valence-corrected chi connectivity index (χ0v) is 17.1. The average Bonchev–Trinajstić information content (AvgIpc) is 3.36. The largest absolute Gasteiger partial charge is 0.349 e. The Labute approximate surface area is 171 Å². The molecule has 0 radical (unpaired) electrons. The topological polar surface area (TPSA) is 70.5 Å². The molecule has 7 heteroatoms. The Kier molecular flexibility index (Phi) is 5.94. The molecule has 1 saturated heterocycles. The molecule has 0 saturated carbocycles. The number of hydrogen-bond acceptors (Lipinski definition) is 4. The third-order valence-electron chi connectivity index (χ3n) is 5.72. The number of aryl methyl sites for hydroxylation is 2. The van der Waals surface area contributed by atoms with Crippen LogP contribution in [0.2, 0.25) is 0 Å². The Hall–Kier alpha value is -2.67. The van der Waals surface area contributed by atoms with E-state index in [1.165, 1.54) is 18.4 Å². The van der Waals surface area contributed by atoms with Gasteiger partial charge in [-0.25, -0.2) is 0 Å². The van der Waals surface area contributed by atoms with E-state index in [-0.39, 0.29) is 11.8 Å². The molecule has 1 aromatic carbocycles. The summed E-state index contributed by atoms with van der Waals surface area (Å²) in [6.07, 6.45) is 3.30. The first kappa shape index (κ1) is 19.6. The second-order valence-electron chi connectivity index (χ2n) is 8.01. The Bertz CT molecular complexity index is 868. The van der Waals surface area contributed by atoms with Crippen LogP contribution in [0, 0.1) is 6.92 Å². The van der Waals surface area contributed by atoms with Crippen molar-refractivity contribution < 1.29 is 9.59 Å². The van der Waals surface area contributed by atoms with Crippen molar-refractivity contribution in [2.75, 3.05) is 32.7 Å². The molecule has 2 aliphatic heterocycles. The van der Waals surface area contributed by atoms with Gasteiger partial charge in [-0.1, -0.05) is 29.8 Å². The lowest BCUT2D eigenvalue weighted by atomic mass is 10.1. The number of nitrogens with zero attached hydrogens (tertiary/aromatic N) is 4. The van der Waals surface area contributed by atoms with Gasteiger partial charge in [0.25, 0.3) is 11.8 Å². The second kappa shape index (κ2) is 8.78. The molecule has 0 aliphatic carbocycles. The molecule has 1 fully saturated rings. The molecule has 1 aromatic heterocycles. The Morgan fingerprint density at radius 1 is 1.07 bits per heavy atom. The first-order chi connectivity index (χ1) is 14.1. The monoisotopic (exact) mass is 395 g/mol. The fourth-order valence-electron chi connectivity index (χ4n) is 4.03. The van der Waals surface area contributed by atoms with Crippen molar-refractivity contribution in [2.45, 2.75) is 39.3 Å². The predicted molar refractivity (Wildman–Crippen MR) is 111 cm³/mol. The van der Waals surface area contributed by atoms with Crippen molar-refractivity contribution in [1.82, 2.24) is 24.9 Å². The van der Waals surface area contributed by atoms with E-state index in [2.05, 4.69) is 46.5 Å². The van der Waals surface area contributed by atoms with E-state index in [9.17, 15) is 9.59 Å². The zero-order chi connectivity index (χ0) is 20.2. The molecule has 1 N–H and O–H groups in total. The molecule has 0 spiro atoms. The second-order valence-corrected chi connectivity index (χ2v) is 8.01. The van der Waals surface area contributed by atoms with Gasteiger partial charge in [0.15, 0.2) is 5.69 Å². The van der Waals surface area contributed by atoms with Crippen LogP contribution in [0.4, 0.5) is 0 Å². The Morgan fingerprint density at radius 3 is 2.59 bits per heavy atom. The number of carbonyl (C=O) groups excluding carboxylic acids is 2. The van der Waals surface area contributed by atoms with Gasteiger partial charge < -0.3 is 15.1 Å². The van der Waals surface area contributed by atoms with Gasteiger partial charge in [-0.15, -0.1) is 0 Å². The standard InChI is InChI=1S/C22H29N5O2/c1-17-5-7-18(8-6-17)16-26-12-4-13-27-20(22(26)29)15-19(24-27)21(28)23-9-14-25-10-2-3-11-25/h5-8,15H,2-4,9-14,16H2,1H3,(H,23,28). The van der Waals surface area contributed by atoms with E-state index in [0.29, 0.717) is 37.6 Å². The van der Waals surface area contributed by atoms with E-state index < -0.39 is 0 Å². The average molecular weight is 396 g/mol. The van der Waals surface area contributed by atoms with Gasteiger partial charge in [-0.05, 0) is 44.8 Å². The summed E-state index contributed by atoms with van der Waals surface area (Å²) in [5.41, 5.74) is 3.14. The highest BCUT2D eigenvalue weighted by molar-refractivity contribution is 5.98. The summed E-state index contributed by atoms with van der Waals surface area (Å²) in [4.78, 5) is 29.8. The van der Waals surface area contributed by atoms with Crippen LogP contribution in [0.3, 0.4) is 0 Å². The fourth-order valence-corrected chi connectivity index (χ4v) is 4.03. The molecule has 2 aliphatic rings. The van der Waals surface area contributed by atoms with Gasteiger partial charge in [-0.3, -0.25) is 14.3 Å². The number of likely N-dealkylation sites (tertiary alicyclic amines) is 1. The summed E-state index contributed by atoms with van der Waals surface area (Å²) in [7, 11) is 0. The summed E-state index contributed by atoms with van der Waals surface area (Å²) < 4.78 is 1.69. The van der Waals surface area contributed by atoms with E-state index in [1.807, 2.05) is 4.90 Å². The summed E-state index contributed by atoms with van der Waals surface area (Å²) >= 11 is 0. The lowest BCUT2D eigenvalue weighted by molar-refractivity contribution is 0.0745. The maximum Gasteiger partial charge on any atom is 0.272 e. The first-order valence-corrected chi connectivity index (χ1v) is 10.5. The van der Waals surface area contributed by atoms with Crippen molar-refractivity contribution >= 4 is 11.8 Å². The van der Waals surface area contributed by atoms with Crippen molar-refractivity contribution in [3.8, 4) is 0 Å². The minimum absolute atomic E-state index is 0.0632. The number of hydrogen-bond donors (Lipinski definition) is 1. The number of benzene rings is 1. The van der Waals surface area contributed by atoms with Crippen LogP contribution in [0.5, 0.6) is 0 Å².